The van der Waals surface area contributed by atoms with Gasteiger partial charge >= 0.3 is 0 Å². The van der Waals surface area contributed by atoms with E-state index in [9.17, 15) is 4.79 Å². The lowest BCUT2D eigenvalue weighted by molar-refractivity contribution is -0.133. The summed E-state index contributed by atoms with van der Waals surface area (Å²) in [7, 11) is 0. The Kier molecular flexibility index (Phi) is 4.08. The Morgan fingerprint density at radius 1 is 1.27 bits per heavy atom. The SMILES string of the molecule is C[C@H]1c2ccccc2CCN1C(=O)Cc1c(N)cccc1Cl. The molecule has 1 aliphatic heterocycles. The first-order chi connectivity index (χ1) is 10.6. The molecule has 1 atom stereocenters. The number of amides is 1. The average molecular weight is 315 g/mol. The minimum absolute atomic E-state index is 0.0711. The molecule has 2 N–H and O–H groups in total. The van der Waals surface area contributed by atoms with Crippen LogP contribution in [0.5, 0.6) is 0 Å². The maximum absolute atomic E-state index is 12.7. The molecule has 0 radical (unpaired) electrons. The van der Waals surface area contributed by atoms with E-state index in [1.807, 2.05) is 17.0 Å². The molecule has 1 amide bonds. The first-order valence-electron chi connectivity index (χ1n) is 7.48. The number of halogens is 1. The second-order valence-corrected chi connectivity index (χ2v) is 6.10. The van der Waals surface area contributed by atoms with Crippen molar-refractivity contribution in [2.75, 3.05) is 12.3 Å². The molecule has 3 nitrogen and oxygen atoms in total. The molecular weight excluding hydrogens is 296 g/mol. The van der Waals surface area contributed by atoms with Crippen molar-refractivity contribution in [3.8, 4) is 0 Å². The Morgan fingerprint density at radius 2 is 2.05 bits per heavy atom. The first-order valence-corrected chi connectivity index (χ1v) is 7.86. The maximum atomic E-state index is 12.7. The van der Waals surface area contributed by atoms with Gasteiger partial charge in [-0.2, -0.15) is 0 Å². The van der Waals surface area contributed by atoms with Gasteiger partial charge in [-0.25, -0.2) is 0 Å². The molecule has 3 rings (SSSR count). The predicted molar refractivity (Wildman–Crippen MR) is 89.8 cm³/mol. The summed E-state index contributed by atoms with van der Waals surface area (Å²) < 4.78 is 0. The molecule has 0 fully saturated rings. The number of nitrogen functional groups attached to an aromatic ring is 1. The van der Waals surface area contributed by atoms with Gasteiger partial charge in [-0.1, -0.05) is 41.9 Å². The van der Waals surface area contributed by atoms with Crippen LogP contribution in [0.3, 0.4) is 0 Å². The number of hydrogen-bond acceptors (Lipinski definition) is 2. The van der Waals surface area contributed by atoms with Crippen molar-refractivity contribution in [3.05, 3.63) is 64.2 Å². The number of carbonyl (C=O) groups is 1. The normalized spacial score (nSPS) is 17.2. The molecule has 0 saturated carbocycles. The molecular formula is C18H19ClN2O. The van der Waals surface area contributed by atoms with E-state index in [1.54, 1.807) is 18.2 Å². The molecule has 0 bridgehead atoms. The summed E-state index contributed by atoms with van der Waals surface area (Å²) in [5, 5.41) is 0.554. The highest BCUT2D eigenvalue weighted by Gasteiger charge is 2.27. The lowest BCUT2D eigenvalue weighted by Crippen LogP contribution is -2.39. The van der Waals surface area contributed by atoms with E-state index < -0.39 is 0 Å². The predicted octanol–water partition coefficient (Wildman–Crippen LogP) is 3.61. The minimum Gasteiger partial charge on any atom is -0.398 e. The lowest BCUT2D eigenvalue weighted by Gasteiger charge is -2.35. The molecule has 2 aromatic rings. The van der Waals surface area contributed by atoms with Crippen LogP contribution in [0.25, 0.3) is 0 Å². The molecule has 1 aliphatic rings. The fraction of sp³-hybridized carbons (Fsp3) is 0.278. The summed E-state index contributed by atoms with van der Waals surface area (Å²) in [5.74, 6) is 0.0711. The zero-order valence-electron chi connectivity index (χ0n) is 12.6. The summed E-state index contributed by atoms with van der Waals surface area (Å²) >= 11 is 6.18. The third-order valence-electron chi connectivity index (χ3n) is 4.40. The van der Waals surface area contributed by atoms with E-state index in [4.69, 9.17) is 17.3 Å². The van der Waals surface area contributed by atoms with Crippen molar-refractivity contribution >= 4 is 23.2 Å². The van der Waals surface area contributed by atoms with Crippen molar-refractivity contribution in [3.63, 3.8) is 0 Å². The number of carbonyl (C=O) groups excluding carboxylic acids is 1. The van der Waals surface area contributed by atoms with Crippen LogP contribution >= 0.6 is 11.6 Å². The minimum atomic E-state index is 0.0711. The van der Waals surface area contributed by atoms with Crippen LogP contribution in [0.15, 0.2) is 42.5 Å². The monoisotopic (exact) mass is 314 g/mol. The molecule has 1 heterocycles. The van der Waals surface area contributed by atoms with Gasteiger partial charge in [0.1, 0.15) is 0 Å². The summed E-state index contributed by atoms with van der Waals surface area (Å²) in [6.45, 7) is 2.81. The summed E-state index contributed by atoms with van der Waals surface area (Å²) in [6.07, 6.45) is 1.14. The number of benzene rings is 2. The van der Waals surface area contributed by atoms with Crippen LogP contribution < -0.4 is 5.73 Å². The molecule has 4 heteroatoms. The number of fused-ring (bicyclic) bond motifs is 1. The first kappa shape index (κ1) is 14.9. The Hall–Kier alpha value is -2.00. The van der Waals surface area contributed by atoms with Gasteiger partial charge < -0.3 is 10.6 Å². The molecule has 0 spiro atoms. The highest BCUT2D eigenvalue weighted by Crippen LogP contribution is 2.30. The largest absolute Gasteiger partial charge is 0.398 e. The molecule has 0 aromatic heterocycles. The number of hydrogen-bond donors (Lipinski definition) is 1. The van der Waals surface area contributed by atoms with E-state index in [2.05, 4.69) is 19.1 Å². The van der Waals surface area contributed by atoms with Gasteiger partial charge in [0.2, 0.25) is 5.91 Å². The summed E-state index contributed by atoms with van der Waals surface area (Å²) in [5.41, 5.74) is 9.81. The number of rotatable bonds is 2. The van der Waals surface area contributed by atoms with Crippen LogP contribution in [0.4, 0.5) is 5.69 Å². The molecule has 2 aromatic carbocycles. The molecule has 0 unspecified atom stereocenters. The highest BCUT2D eigenvalue weighted by molar-refractivity contribution is 6.32. The average Bonchev–Trinajstić information content (AvgIpc) is 2.51. The Labute approximate surface area is 135 Å². The van der Waals surface area contributed by atoms with Crippen LogP contribution in [-0.2, 0) is 17.6 Å². The zero-order chi connectivity index (χ0) is 15.7. The molecule has 0 aliphatic carbocycles. The number of anilines is 1. The standard InChI is InChI=1S/C18H19ClN2O/c1-12-14-6-3-2-5-13(14)9-10-21(12)18(22)11-15-16(19)7-4-8-17(15)20/h2-8,12H,9-11,20H2,1H3/t12-/m0/s1. The number of nitrogens with two attached hydrogens (primary N) is 1. The molecule has 0 saturated heterocycles. The summed E-state index contributed by atoms with van der Waals surface area (Å²) in [6, 6.07) is 13.7. The Bertz CT molecular complexity index is 694. The van der Waals surface area contributed by atoms with Crippen molar-refractivity contribution < 1.29 is 4.79 Å². The van der Waals surface area contributed by atoms with Gasteiger partial charge in [0.15, 0.2) is 0 Å². The lowest BCUT2D eigenvalue weighted by atomic mass is 9.93. The van der Waals surface area contributed by atoms with Crippen molar-refractivity contribution in [1.82, 2.24) is 4.90 Å². The van der Waals surface area contributed by atoms with Crippen LogP contribution in [0.1, 0.15) is 29.7 Å². The van der Waals surface area contributed by atoms with E-state index in [1.165, 1.54) is 11.1 Å². The Morgan fingerprint density at radius 3 is 2.82 bits per heavy atom. The van der Waals surface area contributed by atoms with E-state index in [0.717, 1.165) is 18.5 Å². The smallest absolute Gasteiger partial charge is 0.227 e. The van der Waals surface area contributed by atoms with Crippen LogP contribution in [0.2, 0.25) is 5.02 Å². The van der Waals surface area contributed by atoms with Gasteiger partial charge in [0.05, 0.1) is 12.5 Å². The zero-order valence-corrected chi connectivity index (χ0v) is 13.3. The fourth-order valence-electron chi connectivity index (χ4n) is 3.13. The quantitative estimate of drug-likeness (QED) is 0.861. The van der Waals surface area contributed by atoms with E-state index >= 15 is 0 Å². The fourth-order valence-corrected chi connectivity index (χ4v) is 3.38. The van der Waals surface area contributed by atoms with Gasteiger partial charge in [0.25, 0.3) is 0 Å². The van der Waals surface area contributed by atoms with Crippen molar-refractivity contribution in [1.29, 1.82) is 0 Å². The third-order valence-corrected chi connectivity index (χ3v) is 4.75. The van der Waals surface area contributed by atoms with Crippen LogP contribution in [0, 0.1) is 0 Å². The van der Waals surface area contributed by atoms with E-state index in [0.29, 0.717) is 10.7 Å². The van der Waals surface area contributed by atoms with Gasteiger partial charge in [-0.3, -0.25) is 4.79 Å². The second kappa shape index (κ2) is 6.01. The third kappa shape index (κ3) is 2.69. The van der Waals surface area contributed by atoms with Gasteiger partial charge in [-0.15, -0.1) is 0 Å². The second-order valence-electron chi connectivity index (χ2n) is 5.70. The topological polar surface area (TPSA) is 46.3 Å². The maximum Gasteiger partial charge on any atom is 0.227 e. The summed E-state index contributed by atoms with van der Waals surface area (Å²) in [4.78, 5) is 14.6. The number of nitrogens with zero attached hydrogens (tertiary/aromatic N) is 1. The molecule has 22 heavy (non-hydrogen) atoms. The van der Waals surface area contributed by atoms with E-state index in [-0.39, 0.29) is 18.4 Å². The van der Waals surface area contributed by atoms with Crippen LogP contribution in [-0.4, -0.2) is 17.4 Å². The van der Waals surface area contributed by atoms with Gasteiger partial charge in [-0.05, 0) is 36.6 Å². The van der Waals surface area contributed by atoms with Crippen molar-refractivity contribution in [2.24, 2.45) is 0 Å². The Balaban J connectivity index is 1.82. The van der Waals surface area contributed by atoms with Gasteiger partial charge in [0, 0.05) is 22.8 Å². The van der Waals surface area contributed by atoms with Crippen molar-refractivity contribution in [2.45, 2.75) is 25.8 Å². The molecule has 114 valence electrons. The highest BCUT2D eigenvalue weighted by atomic mass is 35.5.